The molecule has 1 aliphatic rings. The summed E-state index contributed by atoms with van der Waals surface area (Å²) in [6, 6.07) is 11.5. The Balaban J connectivity index is 1.74. The first-order valence-corrected chi connectivity index (χ1v) is 16.5. The van der Waals surface area contributed by atoms with E-state index in [4.69, 9.17) is 18.0 Å². The van der Waals surface area contributed by atoms with Crippen molar-refractivity contribution in [3.63, 3.8) is 0 Å². The number of carbonyl (C=O) groups is 3. The smallest absolute Gasteiger partial charge is 0.392 e. The van der Waals surface area contributed by atoms with Gasteiger partial charge in [0.2, 0.25) is 17.7 Å². The van der Waals surface area contributed by atoms with Crippen LogP contribution in [0, 0.1) is 11.8 Å². The van der Waals surface area contributed by atoms with Gasteiger partial charge in [-0.1, -0.05) is 95.2 Å². The van der Waals surface area contributed by atoms with Gasteiger partial charge in [0.05, 0.1) is 28.0 Å². The third-order valence-corrected chi connectivity index (χ3v) is 9.96. The molecule has 8 nitrogen and oxygen atoms in total. The van der Waals surface area contributed by atoms with Gasteiger partial charge in [0.1, 0.15) is 11.6 Å². The van der Waals surface area contributed by atoms with Crippen LogP contribution in [0.25, 0.3) is 10.9 Å². The first kappa shape index (κ1) is 35.9. The lowest BCUT2D eigenvalue weighted by Gasteiger charge is -2.40. The normalized spacial score (nSPS) is 19.5. The summed E-state index contributed by atoms with van der Waals surface area (Å²) in [7, 11) is 0. The molecule has 2 unspecified atom stereocenters. The molecule has 0 fully saturated rings. The van der Waals surface area contributed by atoms with Gasteiger partial charge in [-0.05, 0) is 48.8 Å². The minimum atomic E-state index is -4.59. The molecule has 1 aliphatic carbocycles. The number of hydrogen-bond acceptors (Lipinski definition) is 4. The van der Waals surface area contributed by atoms with Gasteiger partial charge in [-0.15, -0.1) is 0 Å². The third kappa shape index (κ3) is 7.63. The Labute approximate surface area is 278 Å². The van der Waals surface area contributed by atoms with Gasteiger partial charge in [-0.2, -0.15) is 13.2 Å². The fourth-order valence-corrected chi connectivity index (χ4v) is 6.55. The molecule has 1 heterocycles. The molecule has 0 saturated carbocycles. The van der Waals surface area contributed by atoms with E-state index < -0.39 is 47.1 Å². The molecule has 3 aromatic rings. The number of alkyl halides is 3. The monoisotopic (exact) mass is 671 g/mol. The van der Waals surface area contributed by atoms with E-state index in [0.29, 0.717) is 29.5 Å². The van der Waals surface area contributed by atoms with E-state index in [1.807, 2.05) is 58.0 Å². The number of aryl methyl sites for hydroxylation is 1. The molecule has 2 aromatic carbocycles. The zero-order valence-corrected chi connectivity index (χ0v) is 28.2. The van der Waals surface area contributed by atoms with E-state index in [1.165, 1.54) is 6.07 Å². The number of H-pyrrole nitrogens is 1. The highest BCUT2D eigenvalue weighted by molar-refractivity contribution is 7.80. The molecule has 0 spiro atoms. The molecular formula is C35H44F3N5O3S. The zero-order valence-electron chi connectivity index (χ0n) is 27.4. The summed E-state index contributed by atoms with van der Waals surface area (Å²) in [4.78, 5) is 45.0. The van der Waals surface area contributed by atoms with Crippen LogP contribution in [0.3, 0.4) is 0 Å². The predicted octanol–water partition coefficient (Wildman–Crippen LogP) is 5.68. The second-order valence-corrected chi connectivity index (χ2v) is 13.3. The number of thiocarbonyl (C=S) groups is 1. The fraction of sp³-hybridized carbons (Fsp3) is 0.486. The number of para-hydroxylation sites is 1. The molecule has 0 radical (unpaired) electrons. The minimum absolute atomic E-state index is 0.0622. The Bertz CT molecular complexity index is 1630. The average Bonchev–Trinajstić information content (AvgIpc) is 3.42. The maximum Gasteiger partial charge on any atom is 0.418 e. The summed E-state index contributed by atoms with van der Waals surface area (Å²) in [6.07, 6.45) is -3.15. The highest BCUT2D eigenvalue weighted by Crippen LogP contribution is 2.40. The largest absolute Gasteiger partial charge is 0.418 e. The van der Waals surface area contributed by atoms with Crippen LogP contribution in [0.5, 0.6) is 0 Å². The van der Waals surface area contributed by atoms with Gasteiger partial charge < -0.3 is 26.7 Å². The van der Waals surface area contributed by atoms with E-state index >= 15 is 0 Å². The van der Waals surface area contributed by atoms with Gasteiger partial charge >= 0.3 is 6.18 Å². The first-order chi connectivity index (χ1) is 22.1. The lowest BCUT2D eigenvalue weighted by molar-refractivity contribution is -0.137. The van der Waals surface area contributed by atoms with Crippen molar-refractivity contribution < 1.29 is 27.6 Å². The zero-order chi connectivity index (χ0) is 34.7. The van der Waals surface area contributed by atoms with Crippen molar-refractivity contribution in [3.05, 3.63) is 70.9 Å². The second kappa shape index (κ2) is 14.5. The van der Waals surface area contributed by atoms with E-state index in [1.54, 1.807) is 13.0 Å². The maximum atomic E-state index is 14.3. The van der Waals surface area contributed by atoms with Crippen LogP contribution in [-0.4, -0.2) is 45.3 Å². The van der Waals surface area contributed by atoms with Crippen molar-refractivity contribution in [2.45, 2.75) is 96.4 Å². The number of benzene rings is 2. The van der Waals surface area contributed by atoms with Gasteiger partial charge in [0.15, 0.2) is 0 Å². The molecule has 3 amide bonds. The number of nitrogens with one attached hydrogen (secondary N) is 4. The van der Waals surface area contributed by atoms with Crippen LogP contribution in [0.15, 0.2) is 48.5 Å². The van der Waals surface area contributed by atoms with Crippen molar-refractivity contribution >= 4 is 45.8 Å². The Morgan fingerprint density at radius 3 is 2.17 bits per heavy atom. The Morgan fingerprint density at radius 2 is 1.57 bits per heavy atom. The number of nitrogens with two attached hydrogens (primary N) is 1. The number of carbonyl (C=O) groups excluding carboxylic acids is 3. The predicted molar refractivity (Wildman–Crippen MR) is 181 cm³/mol. The molecule has 0 saturated heterocycles. The maximum absolute atomic E-state index is 14.3. The van der Waals surface area contributed by atoms with Crippen LogP contribution in [0.2, 0.25) is 0 Å². The molecule has 0 bridgehead atoms. The Morgan fingerprint density at radius 1 is 0.936 bits per heavy atom. The van der Waals surface area contributed by atoms with Crippen molar-refractivity contribution in [2.24, 2.45) is 17.6 Å². The van der Waals surface area contributed by atoms with Crippen LogP contribution in [-0.2, 0) is 33.4 Å². The van der Waals surface area contributed by atoms with Crippen LogP contribution < -0.4 is 21.7 Å². The molecule has 6 atom stereocenters. The molecule has 6 N–H and O–H groups in total. The van der Waals surface area contributed by atoms with Crippen LogP contribution in [0.1, 0.15) is 82.2 Å². The molecule has 47 heavy (non-hydrogen) atoms. The highest BCUT2D eigenvalue weighted by Gasteiger charge is 2.47. The Hall–Kier alpha value is -3.93. The lowest BCUT2D eigenvalue weighted by Crippen LogP contribution is -2.67. The van der Waals surface area contributed by atoms with Crippen molar-refractivity contribution in [3.8, 4) is 0 Å². The Kier molecular flexibility index (Phi) is 11.0. The average molecular weight is 672 g/mol. The van der Waals surface area contributed by atoms with Crippen LogP contribution in [0.4, 0.5) is 13.2 Å². The number of aromatic amines is 1. The number of amides is 3. The summed E-state index contributed by atoms with van der Waals surface area (Å²) in [5.74, 6) is -2.39. The summed E-state index contributed by atoms with van der Waals surface area (Å²) < 4.78 is 41.8. The molecule has 254 valence electrons. The standard InChI is InChI=1S/C35H44F3N5O3S/c1-6-19(3)27(30(39)47)42-33(46)34(17-16-26-24(18-34)23-14-11-15-25(29(23)40-26)35(36,37)38)43-32(45)28(20(4)7-2)41-31(44)21(5)22-12-9-8-10-13-22/h8-15,19-21,27-28,40H,6-7,16-18H2,1-5H3,(H2,39,47)(H,41,44)(H,42,46)(H,43,45)/t19-,20?,21-,27?,28-,34+/m0/s1. The van der Waals surface area contributed by atoms with E-state index in [0.717, 1.165) is 11.6 Å². The first-order valence-electron chi connectivity index (χ1n) is 16.1. The lowest BCUT2D eigenvalue weighted by atomic mass is 9.78. The fourth-order valence-electron chi connectivity index (χ4n) is 6.26. The molecular weight excluding hydrogens is 627 g/mol. The second-order valence-electron chi connectivity index (χ2n) is 12.8. The van der Waals surface area contributed by atoms with Gasteiger partial charge in [-0.25, -0.2) is 0 Å². The number of aromatic nitrogens is 1. The van der Waals surface area contributed by atoms with E-state index in [-0.39, 0.29) is 47.5 Å². The van der Waals surface area contributed by atoms with Gasteiger partial charge in [0.25, 0.3) is 0 Å². The van der Waals surface area contributed by atoms with Crippen molar-refractivity contribution in [2.75, 3.05) is 0 Å². The summed E-state index contributed by atoms with van der Waals surface area (Å²) in [6.45, 7) is 9.33. The van der Waals surface area contributed by atoms with Gasteiger partial charge in [0, 0.05) is 17.5 Å². The number of rotatable bonds is 12. The van der Waals surface area contributed by atoms with Crippen LogP contribution >= 0.6 is 12.2 Å². The summed E-state index contributed by atoms with van der Waals surface area (Å²) in [5, 5.41) is 9.18. The molecule has 1 aromatic heterocycles. The highest BCUT2D eigenvalue weighted by atomic mass is 32.1. The van der Waals surface area contributed by atoms with Gasteiger partial charge in [-0.3, -0.25) is 14.4 Å². The van der Waals surface area contributed by atoms with E-state index in [9.17, 15) is 27.6 Å². The van der Waals surface area contributed by atoms with E-state index in [2.05, 4.69) is 20.9 Å². The van der Waals surface area contributed by atoms with Crippen molar-refractivity contribution in [1.29, 1.82) is 0 Å². The molecule has 0 aliphatic heterocycles. The summed E-state index contributed by atoms with van der Waals surface area (Å²) >= 11 is 5.29. The van der Waals surface area contributed by atoms with Crippen molar-refractivity contribution in [1.82, 2.24) is 20.9 Å². The number of halogens is 3. The SMILES string of the molecule is CCC(C)[C@H](NC(=O)[C@@H](C)c1ccccc1)C(=O)N[C@]1(C(=O)NC(C(N)=S)[C@@H](C)CC)CCc2[nH]c3c(C(F)(F)F)cccc3c2C1. The number of hydrogen-bond donors (Lipinski definition) is 5. The summed E-state index contributed by atoms with van der Waals surface area (Å²) in [5.41, 5.74) is 5.48. The topological polar surface area (TPSA) is 129 Å². The molecule has 4 rings (SSSR count). The molecule has 12 heteroatoms. The third-order valence-electron chi connectivity index (χ3n) is 9.70. The number of fused-ring (bicyclic) bond motifs is 3. The minimum Gasteiger partial charge on any atom is -0.392 e. The quantitative estimate of drug-likeness (QED) is 0.158.